The van der Waals surface area contributed by atoms with E-state index in [0.717, 1.165) is 23.3 Å². The summed E-state index contributed by atoms with van der Waals surface area (Å²) in [5.41, 5.74) is 2.58. The number of aromatic nitrogens is 2. The highest BCUT2D eigenvalue weighted by Crippen LogP contribution is 2.23. The van der Waals surface area contributed by atoms with Crippen molar-refractivity contribution in [2.45, 2.75) is 32.4 Å². The van der Waals surface area contributed by atoms with E-state index in [1.807, 2.05) is 44.3 Å². The van der Waals surface area contributed by atoms with E-state index < -0.39 is 5.60 Å². The summed E-state index contributed by atoms with van der Waals surface area (Å²) in [6.45, 7) is 4.45. The quantitative estimate of drug-likeness (QED) is 0.795. The number of hydrogen-bond acceptors (Lipinski definition) is 2. The molecule has 0 amide bonds. The fraction of sp³-hybridized carbons (Fsp3) is 0.278. The van der Waals surface area contributed by atoms with Crippen molar-refractivity contribution in [1.82, 2.24) is 9.55 Å². The van der Waals surface area contributed by atoms with Crippen molar-refractivity contribution in [3.05, 3.63) is 66.0 Å². The molecule has 0 aliphatic rings. The Morgan fingerprint density at radius 2 is 1.86 bits per heavy atom. The van der Waals surface area contributed by atoms with Gasteiger partial charge in [-0.25, -0.2) is 4.98 Å². The van der Waals surface area contributed by atoms with Crippen LogP contribution in [0.3, 0.4) is 0 Å². The molecule has 0 unspecified atom stereocenters. The van der Waals surface area contributed by atoms with Crippen LogP contribution in [0.4, 0.5) is 0 Å². The van der Waals surface area contributed by atoms with Gasteiger partial charge in [-0.2, -0.15) is 0 Å². The van der Waals surface area contributed by atoms with Crippen LogP contribution in [0.1, 0.15) is 25.1 Å². The van der Waals surface area contributed by atoms with Gasteiger partial charge in [0.15, 0.2) is 0 Å². The Kier molecular flexibility index (Phi) is 3.52. The summed E-state index contributed by atoms with van der Waals surface area (Å²) in [7, 11) is 0. The van der Waals surface area contributed by atoms with Gasteiger partial charge in [0.25, 0.3) is 0 Å². The number of benzene rings is 1. The molecule has 0 bridgehead atoms. The van der Waals surface area contributed by atoms with Crippen molar-refractivity contribution in [3.8, 4) is 0 Å². The van der Waals surface area contributed by atoms with Gasteiger partial charge in [0, 0.05) is 30.2 Å². The van der Waals surface area contributed by atoms with Crippen LogP contribution >= 0.6 is 0 Å². The molecule has 0 aliphatic heterocycles. The molecule has 1 aromatic carbocycles. The second kappa shape index (κ2) is 5.34. The second-order valence-corrected chi connectivity index (χ2v) is 6.11. The smallest absolute Gasteiger partial charge is 0.140 e. The van der Waals surface area contributed by atoms with E-state index >= 15 is 0 Å². The van der Waals surface area contributed by atoms with E-state index in [1.54, 1.807) is 0 Å². The van der Waals surface area contributed by atoms with Crippen LogP contribution in [0.2, 0.25) is 0 Å². The van der Waals surface area contributed by atoms with Gasteiger partial charge in [-0.15, -0.1) is 0 Å². The minimum absolute atomic E-state index is 0.607. The highest BCUT2D eigenvalue weighted by molar-refractivity contribution is 5.77. The van der Waals surface area contributed by atoms with Gasteiger partial charge in [0.2, 0.25) is 0 Å². The lowest BCUT2D eigenvalue weighted by molar-refractivity contribution is 0.0792. The number of fused-ring (bicyclic) bond motifs is 1. The normalized spacial score (nSPS) is 12.0. The Balaban J connectivity index is 2.07. The van der Waals surface area contributed by atoms with Crippen molar-refractivity contribution in [2.24, 2.45) is 0 Å². The molecule has 3 nitrogen and oxygen atoms in total. The van der Waals surface area contributed by atoms with Gasteiger partial charge >= 0.3 is 0 Å². The van der Waals surface area contributed by atoms with Gasteiger partial charge in [-0.05, 0) is 37.6 Å². The summed E-state index contributed by atoms with van der Waals surface area (Å²) >= 11 is 0. The summed E-state index contributed by atoms with van der Waals surface area (Å²) in [6, 6.07) is 16.5. The molecule has 0 fully saturated rings. The molecule has 0 saturated heterocycles. The van der Waals surface area contributed by atoms with Crippen molar-refractivity contribution in [3.63, 3.8) is 0 Å². The highest BCUT2D eigenvalue weighted by atomic mass is 16.3. The second-order valence-electron chi connectivity index (χ2n) is 6.11. The largest absolute Gasteiger partial charge is 0.390 e. The molecular weight excluding hydrogens is 260 g/mol. The van der Waals surface area contributed by atoms with Crippen LogP contribution in [0, 0.1) is 0 Å². The van der Waals surface area contributed by atoms with E-state index in [9.17, 15) is 5.11 Å². The molecular formula is C18H20N2O. The monoisotopic (exact) mass is 280 g/mol. The molecule has 0 spiro atoms. The zero-order chi connectivity index (χ0) is 14.9. The molecule has 0 saturated carbocycles. The Morgan fingerprint density at radius 3 is 2.57 bits per heavy atom. The average molecular weight is 280 g/mol. The van der Waals surface area contributed by atoms with Crippen LogP contribution in [0.15, 0.2) is 54.7 Å². The van der Waals surface area contributed by atoms with Crippen molar-refractivity contribution < 1.29 is 5.11 Å². The van der Waals surface area contributed by atoms with E-state index in [-0.39, 0.29) is 0 Å². The van der Waals surface area contributed by atoms with Crippen molar-refractivity contribution in [2.75, 3.05) is 0 Å². The Hall–Kier alpha value is -2.13. The van der Waals surface area contributed by atoms with Crippen LogP contribution in [0.5, 0.6) is 0 Å². The minimum Gasteiger partial charge on any atom is -0.390 e. The lowest BCUT2D eigenvalue weighted by atomic mass is 10.0. The van der Waals surface area contributed by atoms with Gasteiger partial charge < -0.3 is 9.67 Å². The first-order valence-corrected chi connectivity index (χ1v) is 7.22. The highest BCUT2D eigenvalue weighted by Gasteiger charge is 2.18. The van der Waals surface area contributed by atoms with E-state index in [1.165, 1.54) is 5.56 Å². The lowest BCUT2D eigenvalue weighted by Crippen LogP contribution is -2.24. The maximum Gasteiger partial charge on any atom is 0.140 e. The third-order valence-electron chi connectivity index (χ3n) is 3.54. The standard InChI is InChI=1S/C18H20N2O/c1-18(2,21)12-16-11-15-9-6-10-19-17(15)20(16)13-14-7-4-3-5-8-14/h3-11,21H,12-13H2,1-2H3. The Morgan fingerprint density at radius 1 is 1.10 bits per heavy atom. The molecule has 21 heavy (non-hydrogen) atoms. The van der Waals surface area contributed by atoms with Gasteiger partial charge in [-0.3, -0.25) is 0 Å². The van der Waals surface area contributed by atoms with Gasteiger partial charge in [-0.1, -0.05) is 30.3 Å². The molecule has 3 heteroatoms. The van der Waals surface area contributed by atoms with Crippen LogP contribution in [-0.4, -0.2) is 20.3 Å². The molecule has 1 N–H and O–H groups in total. The minimum atomic E-state index is -0.733. The lowest BCUT2D eigenvalue weighted by Gasteiger charge is -2.19. The first-order valence-electron chi connectivity index (χ1n) is 7.22. The Bertz CT molecular complexity index is 739. The number of rotatable bonds is 4. The summed E-state index contributed by atoms with van der Waals surface area (Å²) in [6.07, 6.45) is 2.42. The summed E-state index contributed by atoms with van der Waals surface area (Å²) in [5.74, 6) is 0. The molecule has 0 radical (unpaired) electrons. The third-order valence-corrected chi connectivity index (χ3v) is 3.54. The summed E-state index contributed by atoms with van der Waals surface area (Å²) in [4.78, 5) is 4.51. The molecule has 0 atom stereocenters. The molecule has 108 valence electrons. The fourth-order valence-corrected chi connectivity index (χ4v) is 2.67. The zero-order valence-electron chi connectivity index (χ0n) is 12.5. The maximum absolute atomic E-state index is 10.2. The molecule has 2 aromatic heterocycles. The van der Waals surface area contributed by atoms with Crippen LogP contribution in [-0.2, 0) is 13.0 Å². The number of aliphatic hydroxyl groups is 1. The first-order chi connectivity index (χ1) is 10.0. The van der Waals surface area contributed by atoms with Crippen molar-refractivity contribution in [1.29, 1.82) is 0 Å². The Labute approximate surface area is 124 Å². The average Bonchev–Trinajstić information content (AvgIpc) is 2.76. The van der Waals surface area contributed by atoms with Gasteiger partial charge in [0.1, 0.15) is 5.65 Å². The van der Waals surface area contributed by atoms with E-state index in [4.69, 9.17) is 0 Å². The van der Waals surface area contributed by atoms with Crippen LogP contribution < -0.4 is 0 Å². The molecule has 0 aliphatic carbocycles. The summed E-state index contributed by atoms with van der Waals surface area (Å²) < 4.78 is 2.20. The molecule has 3 aromatic rings. The maximum atomic E-state index is 10.2. The van der Waals surface area contributed by atoms with E-state index in [2.05, 4.69) is 33.8 Å². The number of pyridine rings is 1. The predicted octanol–water partition coefficient (Wildman–Crippen LogP) is 3.40. The van der Waals surface area contributed by atoms with Crippen LogP contribution in [0.25, 0.3) is 11.0 Å². The fourth-order valence-electron chi connectivity index (χ4n) is 2.67. The van der Waals surface area contributed by atoms with Crippen molar-refractivity contribution >= 4 is 11.0 Å². The van der Waals surface area contributed by atoms with Gasteiger partial charge in [0.05, 0.1) is 5.60 Å². The topological polar surface area (TPSA) is 38.1 Å². The van der Waals surface area contributed by atoms with E-state index in [0.29, 0.717) is 6.42 Å². The SMILES string of the molecule is CC(C)(O)Cc1cc2cccnc2n1Cc1ccccc1. The predicted molar refractivity (Wildman–Crippen MR) is 85.3 cm³/mol. The summed E-state index contributed by atoms with van der Waals surface area (Å²) in [5, 5.41) is 11.3. The third kappa shape index (κ3) is 3.14. The molecule has 2 heterocycles. The number of nitrogens with zero attached hydrogens (tertiary/aromatic N) is 2. The molecule has 3 rings (SSSR count). The zero-order valence-corrected chi connectivity index (χ0v) is 12.5. The number of hydrogen-bond donors (Lipinski definition) is 1. The first kappa shape index (κ1) is 13.8.